The van der Waals surface area contributed by atoms with Gasteiger partial charge in [-0.1, -0.05) is 23.5 Å². The normalized spacial score (nSPS) is 16.9. The molecule has 10 heteroatoms. The van der Waals surface area contributed by atoms with Gasteiger partial charge in [0.25, 0.3) is 0 Å². The zero-order chi connectivity index (χ0) is 19.0. The largest absolute Gasteiger partial charge is 0.492 e. The van der Waals surface area contributed by atoms with E-state index in [-0.39, 0.29) is 17.7 Å². The number of alkyl halides is 2. The SMILES string of the molecule is Cc1nc2sc(C(c3cccc(OC(F)F)c3)N3CCOCC3)c(O)n2n1. The second-order valence-electron chi connectivity index (χ2n) is 6.15. The van der Waals surface area contributed by atoms with Crippen molar-refractivity contribution in [3.8, 4) is 11.6 Å². The Morgan fingerprint density at radius 2 is 2.07 bits per heavy atom. The average Bonchev–Trinajstić information content (AvgIpc) is 3.14. The van der Waals surface area contributed by atoms with Crippen molar-refractivity contribution in [2.45, 2.75) is 19.6 Å². The summed E-state index contributed by atoms with van der Waals surface area (Å²) in [4.78, 5) is 7.69. The summed E-state index contributed by atoms with van der Waals surface area (Å²) in [6.07, 6.45) is 0. The minimum absolute atomic E-state index is 0.00673. The van der Waals surface area contributed by atoms with Crippen molar-refractivity contribution in [3.63, 3.8) is 0 Å². The van der Waals surface area contributed by atoms with Crippen LogP contribution < -0.4 is 4.74 Å². The molecule has 7 nitrogen and oxygen atoms in total. The summed E-state index contributed by atoms with van der Waals surface area (Å²) in [5.41, 5.74) is 0.742. The summed E-state index contributed by atoms with van der Waals surface area (Å²) in [7, 11) is 0. The molecule has 0 bridgehead atoms. The molecule has 0 aliphatic carbocycles. The van der Waals surface area contributed by atoms with E-state index in [1.807, 2.05) is 6.07 Å². The monoisotopic (exact) mass is 396 g/mol. The third-order valence-electron chi connectivity index (χ3n) is 4.36. The first-order valence-corrected chi connectivity index (χ1v) is 9.26. The first-order chi connectivity index (χ1) is 13.0. The molecule has 1 fully saturated rings. The van der Waals surface area contributed by atoms with Crippen LogP contribution in [0.15, 0.2) is 24.3 Å². The number of nitrogens with zero attached hydrogens (tertiary/aromatic N) is 4. The fraction of sp³-hybridized carbons (Fsp3) is 0.412. The van der Waals surface area contributed by atoms with E-state index in [0.29, 0.717) is 42.0 Å². The smallest absolute Gasteiger partial charge is 0.387 e. The van der Waals surface area contributed by atoms with Crippen molar-refractivity contribution in [2.24, 2.45) is 0 Å². The van der Waals surface area contributed by atoms with Gasteiger partial charge >= 0.3 is 6.61 Å². The quantitative estimate of drug-likeness (QED) is 0.715. The molecule has 1 N–H and O–H groups in total. The van der Waals surface area contributed by atoms with E-state index in [9.17, 15) is 13.9 Å². The number of ether oxygens (including phenoxy) is 2. The molecule has 4 rings (SSSR count). The minimum atomic E-state index is -2.90. The van der Waals surface area contributed by atoms with Crippen LogP contribution in [0.2, 0.25) is 0 Å². The average molecular weight is 396 g/mol. The number of aryl methyl sites for hydroxylation is 1. The maximum absolute atomic E-state index is 12.6. The van der Waals surface area contributed by atoms with E-state index in [1.165, 1.54) is 21.9 Å². The van der Waals surface area contributed by atoms with Crippen molar-refractivity contribution in [3.05, 3.63) is 40.5 Å². The highest BCUT2D eigenvalue weighted by molar-refractivity contribution is 7.17. The van der Waals surface area contributed by atoms with Gasteiger partial charge < -0.3 is 14.6 Å². The third-order valence-corrected chi connectivity index (χ3v) is 5.44. The molecule has 0 spiro atoms. The van der Waals surface area contributed by atoms with Crippen LogP contribution >= 0.6 is 11.3 Å². The first-order valence-electron chi connectivity index (χ1n) is 8.44. The van der Waals surface area contributed by atoms with Crippen LogP contribution in [0.3, 0.4) is 0 Å². The lowest BCUT2D eigenvalue weighted by atomic mass is 10.0. The highest BCUT2D eigenvalue weighted by Crippen LogP contribution is 2.40. The molecular weight excluding hydrogens is 378 g/mol. The van der Waals surface area contributed by atoms with Gasteiger partial charge in [0.1, 0.15) is 11.6 Å². The topological polar surface area (TPSA) is 72.1 Å². The van der Waals surface area contributed by atoms with Crippen LogP contribution in [0.5, 0.6) is 11.6 Å². The summed E-state index contributed by atoms with van der Waals surface area (Å²) in [5, 5.41) is 15.0. The van der Waals surface area contributed by atoms with E-state index < -0.39 is 6.61 Å². The predicted octanol–water partition coefficient (Wildman–Crippen LogP) is 2.83. The summed E-state index contributed by atoms with van der Waals surface area (Å²) in [6, 6.07) is 6.21. The van der Waals surface area contributed by atoms with E-state index in [1.54, 1.807) is 19.1 Å². The van der Waals surface area contributed by atoms with E-state index in [4.69, 9.17) is 4.74 Å². The lowest BCUT2D eigenvalue weighted by Gasteiger charge is -2.34. The third kappa shape index (κ3) is 3.60. The van der Waals surface area contributed by atoms with Crippen LogP contribution in [0.4, 0.5) is 8.78 Å². The summed E-state index contributed by atoms with van der Waals surface area (Å²) >= 11 is 1.33. The van der Waals surface area contributed by atoms with E-state index >= 15 is 0 Å². The number of rotatable bonds is 5. The van der Waals surface area contributed by atoms with Crippen molar-refractivity contribution >= 4 is 16.3 Å². The Morgan fingerprint density at radius 3 is 2.78 bits per heavy atom. The predicted molar refractivity (Wildman–Crippen MR) is 94.6 cm³/mol. The molecular formula is C17H18F2N4O3S. The number of morpholine rings is 1. The number of aromatic hydroxyl groups is 1. The molecule has 3 aromatic rings. The fourth-order valence-electron chi connectivity index (χ4n) is 3.25. The number of aromatic nitrogens is 3. The van der Waals surface area contributed by atoms with Gasteiger partial charge in [0, 0.05) is 13.1 Å². The molecule has 0 amide bonds. The summed E-state index contributed by atoms with van der Waals surface area (Å²) < 4.78 is 36.6. The van der Waals surface area contributed by atoms with Crippen molar-refractivity contribution in [2.75, 3.05) is 26.3 Å². The van der Waals surface area contributed by atoms with Gasteiger partial charge in [-0.05, 0) is 24.6 Å². The zero-order valence-corrected chi connectivity index (χ0v) is 15.3. The number of benzene rings is 1. The Morgan fingerprint density at radius 1 is 1.30 bits per heavy atom. The number of thiazole rings is 1. The maximum atomic E-state index is 12.6. The van der Waals surface area contributed by atoms with Gasteiger partial charge in [-0.25, -0.2) is 4.98 Å². The molecule has 1 atom stereocenters. The number of hydrogen-bond acceptors (Lipinski definition) is 7. The van der Waals surface area contributed by atoms with Gasteiger partial charge in [0.2, 0.25) is 10.8 Å². The zero-order valence-electron chi connectivity index (χ0n) is 14.5. The number of fused-ring (bicyclic) bond motifs is 1. The standard InChI is InChI=1S/C17H18F2N4O3S/c1-10-20-17-23(21-10)15(24)14(27-17)13(22-5-7-25-8-6-22)11-3-2-4-12(9-11)26-16(18)19/h2-4,9,13,16,24H,5-8H2,1H3. The lowest BCUT2D eigenvalue weighted by molar-refractivity contribution is -0.0499. The van der Waals surface area contributed by atoms with Gasteiger partial charge in [0.05, 0.1) is 24.1 Å². The van der Waals surface area contributed by atoms with E-state index in [0.717, 1.165) is 5.56 Å². The number of hydrogen-bond donors (Lipinski definition) is 1. The molecule has 2 aromatic heterocycles. The van der Waals surface area contributed by atoms with Crippen molar-refractivity contribution in [1.82, 2.24) is 19.5 Å². The molecule has 1 aliphatic heterocycles. The maximum Gasteiger partial charge on any atom is 0.387 e. The highest BCUT2D eigenvalue weighted by atomic mass is 32.1. The summed E-state index contributed by atoms with van der Waals surface area (Å²) in [6.45, 7) is 1.28. The molecule has 1 saturated heterocycles. The molecule has 1 unspecified atom stereocenters. The Kier molecular flexibility index (Phi) is 4.94. The Bertz CT molecular complexity index is 940. The van der Waals surface area contributed by atoms with Crippen molar-refractivity contribution in [1.29, 1.82) is 0 Å². The van der Waals surface area contributed by atoms with Crippen LogP contribution in [-0.2, 0) is 4.74 Å². The number of halogens is 2. The fourth-order valence-corrected chi connectivity index (χ4v) is 4.41. The Balaban J connectivity index is 1.79. The second-order valence-corrected chi connectivity index (χ2v) is 7.15. The molecule has 1 aliphatic rings. The van der Waals surface area contributed by atoms with Crippen LogP contribution in [0.25, 0.3) is 4.96 Å². The molecule has 27 heavy (non-hydrogen) atoms. The molecule has 3 heterocycles. The minimum Gasteiger partial charge on any atom is -0.492 e. The van der Waals surface area contributed by atoms with Crippen molar-refractivity contribution < 1.29 is 23.4 Å². The molecule has 0 saturated carbocycles. The van der Waals surface area contributed by atoms with Gasteiger partial charge in [0.15, 0.2) is 0 Å². The van der Waals surface area contributed by atoms with Crippen LogP contribution in [-0.4, -0.2) is 57.5 Å². The Hall–Kier alpha value is -2.30. The van der Waals surface area contributed by atoms with Gasteiger partial charge in [-0.3, -0.25) is 4.90 Å². The second kappa shape index (κ2) is 7.37. The Labute approximate surface area is 157 Å². The van der Waals surface area contributed by atoms with Gasteiger partial charge in [-0.15, -0.1) is 5.10 Å². The van der Waals surface area contributed by atoms with Crippen LogP contribution in [0.1, 0.15) is 22.3 Å². The molecule has 144 valence electrons. The highest BCUT2D eigenvalue weighted by Gasteiger charge is 2.30. The molecule has 0 radical (unpaired) electrons. The molecule has 1 aromatic carbocycles. The lowest BCUT2D eigenvalue weighted by Crippen LogP contribution is -2.39. The van der Waals surface area contributed by atoms with Crippen LogP contribution in [0, 0.1) is 6.92 Å². The van der Waals surface area contributed by atoms with Gasteiger partial charge in [-0.2, -0.15) is 13.3 Å². The van der Waals surface area contributed by atoms with E-state index in [2.05, 4.69) is 19.7 Å². The first kappa shape index (κ1) is 18.1. The summed E-state index contributed by atoms with van der Waals surface area (Å²) in [5.74, 6) is 0.654.